The van der Waals surface area contributed by atoms with Crippen LogP contribution in [0.4, 0.5) is 0 Å². The quantitative estimate of drug-likeness (QED) is 0.234. The zero-order valence-electron chi connectivity index (χ0n) is 20.6. The maximum atomic E-state index is 4.45. The van der Waals surface area contributed by atoms with Crippen LogP contribution in [0.25, 0.3) is 76.6 Å². The summed E-state index contributed by atoms with van der Waals surface area (Å²) in [6.45, 7) is 0. The van der Waals surface area contributed by atoms with Gasteiger partial charge in [0.1, 0.15) is 0 Å². The third kappa shape index (κ3) is 3.21. The Morgan fingerprint density at radius 3 is 1.76 bits per heavy atom. The van der Waals surface area contributed by atoms with Gasteiger partial charge >= 0.3 is 0 Å². The molecule has 0 radical (unpaired) electrons. The standard InChI is InChI=1S/C36H22N2/c1-4-29(22-37-19-1)31-15-10-26-11-16-32-30(14-9-25-12-17-33(31)36(26)35(25)32)24-7-5-23(6-8-24)27-13-18-34-28(21-27)3-2-20-38-34/h1-22H. The molecule has 176 valence electrons. The van der Waals surface area contributed by atoms with E-state index in [1.807, 2.05) is 30.7 Å². The Balaban J connectivity index is 1.29. The molecule has 8 rings (SSSR count). The fraction of sp³-hybridized carbons (Fsp3) is 0. The van der Waals surface area contributed by atoms with Gasteiger partial charge in [-0.3, -0.25) is 9.97 Å². The summed E-state index contributed by atoms with van der Waals surface area (Å²) in [5.74, 6) is 0. The van der Waals surface area contributed by atoms with Crippen LogP contribution < -0.4 is 0 Å². The predicted molar refractivity (Wildman–Crippen MR) is 160 cm³/mol. The highest BCUT2D eigenvalue weighted by atomic mass is 14.6. The minimum Gasteiger partial charge on any atom is -0.264 e. The van der Waals surface area contributed by atoms with Crippen molar-refractivity contribution in [2.45, 2.75) is 0 Å². The number of nitrogens with zero attached hydrogens (tertiary/aromatic N) is 2. The summed E-state index contributed by atoms with van der Waals surface area (Å²) >= 11 is 0. The lowest BCUT2D eigenvalue weighted by Crippen LogP contribution is -1.90. The van der Waals surface area contributed by atoms with Gasteiger partial charge in [-0.25, -0.2) is 0 Å². The van der Waals surface area contributed by atoms with E-state index >= 15 is 0 Å². The van der Waals surface area contributed by atoms with Crippen molar-refractivity contribution in [3.8, 4) is 33.4 Å². The highest BCUT2D eigenvalue weighted by molar-refractivity contribution is 6.27. The van der Waals surface area contributed by atoms with Crippen molar-refractivity contribution >= 4 is 43.2 Å². The van der Waals surface area contributed by atoms with Gasteiger partial charge in [-0.15, -0.1) is 0 Å². The van der Waals surface area contributed by atoms with Gasteiger partial charge in [0.25, 0.3) is 0 Å². The van der Waals surface area contributed by atoms with Crippen LogP contribution in [0.3, 0.4) is 0 Å². The maximum absolute atomic E-state index is 4.45. The Morgan fingerprint density at radius 1 is 0.421 bits per heavy atom. The second-order valence-electron chi connectivity index (χ2n) is 9.88. The second kappa shape index (κ2) is 8.22. The van der Waals surface area contributed by atoms with Crippen molar-refractivity contribution in [1.82, 2.24) is 9.97 Å². The fourth-order valence-corrected chi connectivity index (χ4v) is 5.92. The third-order valence-electron chi connectivity index (χ3n) is 7.77. The van der Waals surface area contributed by atoms with Gasteiger partial charge in [0.2, 0.25) is 0 Å². The molecule has 2 heterocycles. The molecule has 6 aromatic carbocycles. The summed E-state index contributed by atoms with van der Waals surface area (Å²) in [6.07, 6.45) is 5.62. The molecule has 0 saturated heterocycles. The Bertz CT molecular complexity index is 2110. The van der Waals surface area contributed by atoms with Gasteiger partial charge in [0.05, 0.1) is 5.52 Å². The monoisotopic (exact) mass is 482 g/mol. The lowest BCUT2D eigenvalue weighted by atomic mass is 9.87. The van der Waals surface area contributed by atoms with Crippen LogP contribution in [0.2, 0.25) is 0 Å². The summed E-state index contributed by atoms with van der Waals surface area (Å²) in [6, 6.07) is 41.7. The van der Waals surface area contributed by atoms with Crippen LogP contribution in [0.5, 0.6) is 0 Å². The first kappa shape index (κ1) is 21.0. The second-order valence-corrected chi connectivity index (χ2v) is 9.88. The van der Waals surface area contributed by atoms with Crippen molar-refractivity contribution in [2.75, 3.05) is 0 Å². The molecule has 0 aliphatic rings. The molecule has 38 heavy (non-hydrogen) atoms. The van der Waals surface area contributed by atoms with Crippen LogP contribution in [-0.2, 0) is 0 Å². The minimum absolute atomic E-state index is 1.02. The average molecular weight is 483 g/mol. The first-order chi connectivity index (χ1) is 18.8. The molecule has 8 aromatic rings. The van der Waals surface area contributed by atoms with Crippen molar-refractivity contribution in [3.05, 3.63) is 134 Å². The largest absolute Gasteiger partial charge is 0.264 e. The molecule has 0 saturated carbocycles. The maximum Gasteiger partial charge on any atom is 0.0702 e. The highest BCUT2D eigenvalue weighted by Crippen LogP contribution is 2.42. The minimum atomic E-state index is 1.02. The number of benzene rings is 6. The van der Waals surface area contributed by atoms with Crippen molar-refractivity contribution in [2.24, 2.45) is 0 Å². The molecule has 2 nitrogen and oxygen atoms in total. The van der Waals surface area contributed by atoms with E-state index in [9.17, 15) is 0 Å². The number of pyridine rings is 2. The van der Waals surface area contributed by atoms with Crippen LogP contribution >= 0.6 is 0 Å². The van der Waals surface area contributed by atoms with Crippen LogP contribution in [0, 0.1) is 0 Å². The predicted octanol–water partition coefficient (Wildman–Crippen LogP) is 9.53. The number of rotatable bonds is 3. The van der Waals surface area contributed by atoms with E-state index in [4.69, 9.17) is 0 Å². The molecule has 0 N–H and O–H groups in total. The van der Waals surface area contributed by atoms with Crippen LogP contribution in [-0.4, -0.2) is 9.97 Å². The molecule has 0 amide bonds. The van der Waals surface area contributed by atoms with Gasteiger partial charge in [-0.1, -0.05) is 91.0 Å². The van der Waals surface area contributed by atoms with Crippen molar-refractivity contribution < 1.29 is 0 Å². The van der Waals surface area contributed by atoms with E-state index in [-0.39, 0.29) is 0 Å². The van der Waals surface area contributed by atoms with E-state index in [1.54, 1.807) is 0 Å². The summed E-state index contributed by atoms with van der Waals surface area (Å²) in [7, 11) is 0. The van der Waals surface area contributed by atoms with Gasteiger partial charge in [0.15, 0.2) is 0 Å². The molecular formula is C36H22N2. The number of fused-ring (bicyclic) bond motifs is 1. The molecule has 0 spiro atoms. The Hall–Kier alpha value is -5.08. The molecule has 0 bridgehead atoms. The topological polar surface area (TPSA) is 25.8 Å². The molecule has 2 heteroatoms. The molecule has 0 atom stereocenters. The average Bonchev–Trinajstić information content (AvgIpc) is 3.00. The van der Waals surface area contributed by atoms with Crippen molar-refractivity contribution in [3.63, 3.8) is 0 Å². The van der Waals surface area contributed by atoms with Crippen LogP contribution in [0.1, 0.15) is 0 Å². The molecule has 0 unspecified atom stereocenters. The van der Waals surface area contributed by atoms with Crippen LogP contribution in [0.15, 0.2) is 134 Å². The van der Waals surface area contributed by atoms with E-state index in [1.165, 1.54) is 60.1 Å². The fourth-order valence-electron chi connectivity index (χ4n) is 5.92. The number of hydrogen-bond donors (Lipinski definition) is 0. The summed E-state index contributed by atoms with van der Waals surface area (Å²) in [4.78, 5) is 8.82. The number of hydrogen-bond acceptors (Lipinski definition) is 2. The van der Waals surface area contributed by atoms with E-state index in [2.05, 4.69) is 113 Å². The summed E-state index contributed by atoms with van der Waals surface area (Å²) < 4.78 is 0. The zero-order valence-corrected chi connectivity index (χ0v) is 20.6. The molecule has 0 aliphatic heterocycles. The Morgan fingerprint density at radius 2 is 1.05 bits per heavy atom. The number of aromatic nitrogens is 2. The third-order valence-corrected chi connectivity index (χ3v) is 7.77. The molecule has 0 fully saturated rings. The first-order valence-electron chi connectivity index (χ1n) is 12.9. The lowest BCUT2D eigenvalue weighted by molar-refractivity contribution is 1.33. The highest BCUT2D eigenvalue weighted by Gasteiger charge is 2.15. The molecule has 2 aromatic heterocycles. The smallest absolute Gasteiger partial charge is 0.0702 e. The van der Waals surface area contributed by atoms with E-state index < -0.39 is 0 Å². The summed E-state index contributed by atoms with van der Waals surface area (Å²) in [5, 5.41) is 8.90. The Kier molecular flexibility index (Phi) is 4.55. The van der Waals surface area contributed by atoms with Gasteiger partial charge in [-0.05, 0) is 84.4 Å². The van der Waals surface area contributed by atoms with Gasteiger partial charge in [-0.2, -0.15) is 0 Å². The SMILES string of the molecule is c1cncc(-c2ccc3ccc4c(-c5ccc(-c6ccc7ncccc7c6)cc5)ccc5ccc2c3c54)c1. The normalized spacial score (nSPS) is 11.7. The van der Waals surface area contributed by atoms with E-state index in [0.29, 0.717) is 0 Å². The summed E-state index contributed by atoms with van der Waals surface area (Å²) in [5.41, 5.74) is 8.28. The first-order valence-corrected chi connectivity index (χ1v) is 12.9. The van der Waals surface area contributed by atoms with Gasteiger partial charge < -0.3 is 0 Å². The lowest BCUT2D eigenvalue weighted by Gasteiger charge is -2.16. The van der Waals surface area contributed by atoms with Gasteiger partial charge in [0, 0.05) is 29.5 Å². The molecular weight excluding hydrogens is 460 g/mol. The van der Waals surface area contributed by atoms with Crippen molar-refractivity contribution in [1.29, 1.82) is 0 Å². The Labute approximate surface area is 220 Å². The van der Waals surface area contributed by atoms with E-state index in [0.717, 1.165) is 16.5 Å². The zero-order chi connectivity index (χ0) is 25.1. The molecule has 0 aliphatic carbocycles.